The molecule has 0 unspecified atom stereocenters. The third-order valence-electron chi connectivity index (χ3n) is 2.70. The fraction of sp³-hybridized carbons (Fsp3) is 0.0714. The van der Waals surface area contributed by atoms with Crippen LogP contribution >= 0.6 is 51.3 Å². The molecular weight excluding hydrogens is 400 g/mol. The predicted octanol–water partition coefficient (Wildman–Crippen LogP) is 5.11. The number of rotatable bonds is 4. The van der Waals surface area contributed by atoms with Gasteiger partial charge < -0.3 is 10.5 Å². The van der Waals surface area contributed by atoms with Gasteiger partial charge in [0.25, 0.3) is 0 Å². The highest BCUT2D eigenvalue weighted by Gasteiger charge is 2.12. The summed E-state index contributed by atoms with van der Waals surface area (Å²) in [5, 5.41) is 0.823. The van der Waals surface area contributed by atoms with Crippen LogP contribution in [0.1, 0.15) is 11.1 Å². The Hall–Kier alpha value is -0.880. The van der Waals surface area contributed by atoms with Gasteiger partial charge in [-0.05, 0) is 28.1 Å². The molecule has 0 fully saturated rings. The van der Waals surface area contributed by atoms with Gasteiger partial charge in [-0.25, -0.2) is 4.39 Å². The highest BCUT2D eigenvalue weighted by molar-refractivity contribution is 9.10. The maximum atomic E-state index is 14.2. The standard InChI is InChI=1S/C14H9BrCl2FNOS/c15-9-4-11(17)12(5-10(9)16)20-6-7-2-1-3-8(13(7)18)14(19)21/h1-5H,6H2,(H2,19,21). The van der Waals surface area contributed by atoms with Crippen molar-refractivity contribution < 1.29 is 9.13 Å². The molecule has 0 aliphatic carbocycles. The molecule has 2 aromatic carbocycles. The number of hydrogen-bond acceptors (Lipinski definition) is 2. The largest absolute Gasteiger partial charge is 0.487 e. The molecule has 0 amide bonds. The third kappa shape index (κ3) is 3.86. The Morgan fingerprint density at radius 1 is 1.29 bits per heavy atom. The highest BCUT2D eigenvalue weighted by Crippen LogP contribution is 2.34. The summed E-state index contributed by atoms with van der Waals surface area (Å²) in [6, 6.07) is 7.94. The van der Waals surface area contributed by atoms with Crippen LogP contribution in [0.2, 0.25) is 10.0 Å². The fourth-order valence-corrected chi connectivity index (χ4v) is 2.66. The molecule has 0 aromatic heterocycles. The van der Waals surface area contributed by atoms with Gasteiger partial charge in [0, 0.05) is 21.7 Å². The first-order chi connectivity index (χ1) is 9.90. The molecule has 0 aliphatic rings. The van der Waals surface area contributed by atoms with Crippen molar-refractivity contribution in [1.29, 1.82) is 0 Å². The van der Waals surface area contributed by atoms with Gasteiger partial charge in [-0.2, -0.15) is 0 Å². The van der Waals surface area contributed by atoms with Crippen LogP contribution in [0.4, 0.5) is 4.39 Å². The summed E-state index contributed by atoms with van der Waals surface area (Å²) in [6.45, 7) is -0.0139. The minimum Gasteiger partial charge on any atom is -0.487 e. The van der Waals surface area contributed by atoms with Crippen molar-refractivity contribution in [3.8, 4) is 5.75 Å². The lowest BCUT2D eigenvalue weighted by Crippen LogP contribution is -2.13. The molecule has 2 N–H and O–H groups in total. The van der Waals surface area contributed by atoms with E-state index < -0.39 is 5.82 Å². The average molecular weight is 409 g/mol. The van der Waals surface area contributed by atoms with E-state index in [0.717, 1.165) is 0 Å². The number of nitrogens with two attached hydrogens (primary N) is 1. The van der Waals surface area contributed by atoms with Gasteiger partial charge in [0.05, 0.1) is 10.0 Å². The Morgan fingerprint density at radius 3 is 2.67 bits per heavy atom. The van der Waals surface area contributed by atoms with E-state index in [-0.39, 0.29) is 17.2 Å². The van der Waals surface area contributed by atoms with Gasteiger partial charge in [0.2, 0.25) is 0 Å². The minimum absolute atomic E-state index is 0.000862. The molecule has 0 bridgehead atoms. The molecule has 21 heavy (non-hydrogen) atoms. The maximum Gasteiger partial charge on any atom is 0.139 e. The molecular formula is C14H9BrCl2FNOS. The van der Waals surface area contributed by atoms with E-state index in [0.29, 0.717) is 25.8 Å². The zero-order valence-corrected chi connectivity index (χ0v) is 14.4. The second-order valence-electron chi connectivity index (χ2n) is 4.13. The lowest BCUT2D eigenvalue weighted by atomic mass is 10.1. The molecule has 7 heteroatoms. The smallest absolute Gasteiger partial charge is 0.139 e. The highest BCUT2D eigenvalue weighted by atomic mass is 79.9. The summed E-state index contributed by atoms with van der Waals surface area (Å²) < 4.78 is 20.3. The average Bonchev–Trinajstić information content (AvgIpc) is 2.42. The zero-order valence-electron chi connectivity index (χ0n) is 10.5. The third-order valence-corrected chi connectivity index (χ3v) is 4.41. The van der Waals surface area contributed by atoms with E-state index in [1.54, 1.807) is 24.3 Å². The predicted molar refractivity (Wildman–Crippen MR) is 90.8 cm³/mol. The lowest BCUT2D eigenvalue weighted by Gasteiger charge is -2.11. The quantitative estimate of drug-likeness (QED) is 0.564. The maximum absolute atomic E-state index is 14.2. The second-order valence-corrected chi connectivity index (χ2v) is 6.24. The van der Waals surface area contributed by atoms with Crippen molar-refractivity contribution >= 4 is 56.3 Å². The van der Waals surface area contributed by atoms with Crippen molar-refractivity contribution in [1.82, 2.24) is 0 Å². The minimum atomic E-state index is -0.496. The number of thiocarbonyl (C=S) groups is 1. The van der Waals surface area contributed by atoms with Crippen molar-refractivity contribution in [2.75, 3.05) is 0 Å². The summed E-state index contributed by atoms with van der Waals surface area (Å²) in [5.41, 5.74) is 5.97. The Bertz CT molecular complexity index is 712. The summed E-state index contributed by atoms with van der Waals surface area (Å²) in [5.74, 6) is -0.130. The van der Waals surface area contributed by atoms with Gasteiger partial charge in [-0.15, -0.1) is 0 Å². The molecule has 2 rings (SSSR count). The molecule has 0 radical (unpaired) electrons. The lowest BCUT2D eigenvalue weighted by molar-refractivity contribution is 0.300. The van der Waals surface area contributed by atoms with Crippen LogP contribution in [0.25, 0.3) is 0 Å². The molecule has 0 saturated carbocycles. The monoisotopic (exact) mass is 407 g/mol. The Morgan fingerprint density at radius 2 is 2.00 bits per heavy atom. The number of halogens is 4. The van der Waals surface area contributed by atoms with Gasteiger partial charge in [-0.3, -0.25) is 0 Å². The number of hydrogen-bond donors (Lipinski definition) is 1. The van der Waals surface area contributed by atoms with Crippen LogP contribution in [-0.4, -0.2) is 4.99 Å². The fourth-order valence-electron chi connectivity index (χ4n) is 1.65. The molecule has 0 spiro atoms. The summed E-state index contributed by atoms with van der Waals surface area (Å²) in [7, 11) is 0. The molecule has 0 aliphatic heterocycles. The van der Waals surface area contributed by atoms with Crippen LogP contribution in [0.5, 0.6) is 5.75 Å². The normalized spacial score (nSPS) is 10.5. The van der Waals surface area contributed by atoms with Crippen LogP contribution in [0.15, 0.2) is 34.8 Å². The van der Waals surface area contributed by atoms with E-state index in [9.17, 15) is 4.39 Å². The van der Waals surface area contributed by atoms with Gasteiger partial charge in [0.1, 0.15) is 23.2 Å². The van der Waals surface area contributed by atoms with E-state index in [4.69, 9.17) is 45.9 Å². The van der Waals surface area contributed by atoms with Crippen LogP contribution in [-0.2, 0) is 6.61 Å². The van der Waals surface area contributed by atoms with Gasteiger partial charge in [-0.1, -0.05) is 47.6 Å². The second kappa shape index (κ2) is 6.92. The molecule has 0 atom stereocenters. The first-order valence-electron chi connectivity index (χ1n) is 5.74. The Kier molecular flexibility index (Phi) is 5.43. The van der Waals surface area contributed by atoms with Crippen molar-refractivity contribution in [3.63, 3.8) is 0 Å². The van der Waals surface area contributed by atoms with Crippen molar-refractivity contribution in [2.24, 2.45) is 5.73 Å². The molecule has 2 aromatic rings. The Balaban J connectivity index is 2.23. The first kappa shape index (κ1) is 16.5. The van der Waals surface area contributed by atoms with Crippen molar-refractivity contribution in [2.45, 2.75) is 6.61 Å². The first-order valence-corrected chi connectivity index (χ1v) is 7.70. The molecule has 0 saturated heterocycles. The summed E-state index contributed by atoms with van der Waals surface area (Å²) in [4.78, 5) is -0.000862. The van der Waals surface area contributed by atoms with Gasteiger partial charge in [0.15, 0.2) is 0 Å². The summed E-state index contributed by atoms with van der Waals surface area (Å²) in [6.07, 6.45) is 0. The molecule has 2 nitrogen and oxygen atoms in total. The van der Waals surface area contributed by atoms with Crippen LogP contribution in [0.3, 0.4) is 0 Å². The van der Waals surface area contributed by atoms with Crippen molar-refractivity contribution in [3.05, 3.63) is 61.8 Å². The Labute approximate surface area is 145 Å². The van der Waals surface area contributed by atoms with E-state index in [1.165, 1.54) is 6.07 Å². The van der Waals surface area contributed by atoms with E-state index in [1.807, 2.05) is 0 Å². The number of ether oxygens (including phenoxy) is 1. The summed E-state index contributed by atoms with van der Waals surface area (Å²) >= 11 is 20.1. The van der Waals surface area contributed by atoms with Crippen LogP contribution in [0, 0.1) is 5.82 Å². The topological polar surface area (TPSA) is 35.2 Å². The van der Waals surface area contributed by atoms with E-state index >= 15 is 0 Å². The number of benzene rings is 2. The SMILES string of the molecule is NC(=S)c1cccc(COc2cc(Cl)c(Br)cc2Cl)c1F. The van der Waals surface area contributed by atoms with Gasteiger partial charge >= 0.3 is 0 Å². The zero-order chi connectivity index (χ0) is 15.6. The van der Waals surface area contributed by atoms with Crippen LogP contribution < -0.4 is 10.5 Å². The molecule has 0 heterocycles. The van der Waals surface area contributed by atoms with E-state index in [2.05, 4.69) is 15.9 Å². The molecule has 110 valence electrons.